The van der Waals surface area contributed by atoms with Crippen molar-refractivity contribution in [2.45, 2.75) is 32.9 Å². The Hall–Kier alpha value is -0.610. The Balaban J connectivity index is 2.87. The number of aliphatic hydroxyl groups is 2. The van der Waals surface area contributed by atoms with E-state index < -0.39 is 6.10 Å². The summed E-state index contributed by atoms with van der Waals surface area (Å²) in [6.07, 6.45) is -0.604. The van der Waals surface area contributed by atoms with Gasteiger partial charge in [0.15, 0.2) is 0 Å². The molecule has 0 fully saturated rings. The Morgan fingerprint density at radius 2 is 2.00 bits per heavy atom. The molecule has 0 spiro atoms. The van der Waals surface area contributed by atoms with E-state index in [9.17, 15) is 5.11 Å². The van der Waals surface area contributed by atoms with E-state index in [0.29, 0.717) is 11.6 Å². The van der Waals surface area contributed by atoms with E-state index in [-0.39, 0.29) is 18.6 Å². The minimum atomic E-state index is -0.604. The molecule has 0 saturated heterocycles. The summed E-state index contributed by atoms with van der Waals surface area (Å²) in [5.74, 6) is 0.266. The van der Waals surface area contributed by atoms with Crippen molar-refractivity contribution in [1.82, 2.24) is 5.32 Å². The third-order valence-electron chi connectivity index (χ3n) is 3.07. The van der Waals surface area contributed by atoms with Gasteiger partial charge in [0.2, 0.25) is 0 Å². The summed E-state index contributed by atoms with van der Waals surface area (Å²) in [7, 11) is 0. The summed E-state index contributed by atoms with van der Waals surface area (Å²) in [6, 6.07) is 5.47. The largest absolute Gasteiger partial charge is 0.395 e. The smallest absolute Gasteiger partial charge is 0.0945 e. The zero-order chi connectivity index (χ0) is 13.7. The van der Waals surface area contributed by atoms with Gasteiger partial charge < -0.3 is 15.5 Å². The van der Waals surface area contributed by atoms with Gasteiger partial charge in [-0.05, 0) is 30.0 Å². The minimum absolute atomic E-state index is 0.0651. The molecule has 0 aliphatic carbocycles. The first-order valence-corrected chi connectivity index (χ1v) is 6.63. The number of rotatable bonds is 6. The van der Waals surface area contributed by atoms with Crippen LogP contribution in [0.15, 0.2) is 18.2 Å². The van der Waals surface area contributed by atoms with Gasteiger partial charge in [0, 0.05) is 17.6 Å². The van der Waals surface area contributed by atoms with E-state index in [1.807, 2.05) is 32.9 Å². The summed E-state index contributed by atoms with van der Waals surface area (Å²) in [5.41, 5.74) is 1.80. The van der Waals surface area contributed by atoms with Crippen LogP contribution < -0.4 is 5.32 Å². The van der Waals surface area contributed by atoms with E-state index in [2.05, 4.69) is 5.32 Å². The van der Waals surface area contributed by atoms with Gasteiger partial charge in [-0.25, -0.2) is 0 Å². The molecule has 0 heterocycles. The topological polar surface area (TPSA) is 52.5 Å². The minimum Gasteiger partial charge on any atom is -0.395 e. The Morgan fingerprint density at radius 1 is 1.33 bits per heavy atom. The lowest BCUT2D eigenvalue weighted by Gasteiger charge is -2.28. The number of hydrogen-bond donors (Lipinski definition) is 3. The third kappa shape index (κ3) is 3.95. The maximum Gasteiger partial charge on any atom is 0.0945 e. The maximum absolute atomic E-state index is 10.4. The molecule has 4 heteroatoms. The molecule has 1 rings (SSSR count). The van der Waals surface area contributed by atoms with Crippen molar-refractivity contribution >= 4 is 11.6 Å². The first-order valence-electron chi connectivity index (χ1n) is 6.25. The lowest BCUT2D eigenvalue weighted by Crippen LogP contribution is -2.40. The molecule has 0 aliphatic heterocycles. The molecule has 1 aromatic carbocycles. The van der Waals surface area contributed by atoms with Crippen LogP contribution in [0, 0.1) is 12.8 Å². The van der Waals surface area contributed by atoms with E-state index in [1.165, 1.54) is 0 Å². The lowest BCUT2D eigenvalue weighted by molar-refractivity contribution is 0.101. The SMILES string of the molecule is Cc1cc(C(O)C(NCCO)C(C)C)ccc1Cl. The fourth-order valence-corrected chi connectivity index (χ4v) is 2.12. The molecule has 102 valence electrons. The van der Waals surface area contributed by atoms with Gasteiger partial charge in [0.25, 0.3) is 0 Å². The summed E-state index contributed by atoms with van der Waals surface area (Å²) in [4.78, 5) is 0. The Morgan fingerprint density at radius 3 is 2.50 bits per heavy atom. The molecule has 2 atom stereocenters. The van der Waals surface area contributed by atoms with Crippen LogP contribution in [0.25, 0.3) is 0 Å². The second-order valence-electron chi connectivity index (χ2n) is 4.90. The predicted molar refractivity (Wildman–Crippen MR) is 74.9 cm³/mol. The van der Waals surface area contributed by atoms with E-state index in [1.54, 1.807) is 6.07 Å². The van der Waals surface area contributed by atoms with Gasteiger partial charge in [0.1, 0.15) is 0 Å². The molecule has 0 aliphatic rings. The van der Waals surface area contributed by atoms with Crippen molar-refractivity contribution in [2.75, 3.05) is 13.2 Å². The van der Waals surface area contributed by atoms with E-state index in [0.717, 1.165) is 11.1 Å². The zero-order valence-corrected chi connectivity index (χ0v) is 11.9. The molecular formula is C14H22ClNO2. The monoisotopic (exact) mass is 271 g/mol. The summed E-state index contributed by atoms with van der Waals surface area (Å²) >= 11 is 5.98. The van der Waals surface area contributed by atoms with Crippen LogP contribution in [0.5, 0.6) is 0 Å². The highest BCUT2D eigenvalue weighted by atomic mass is 35.5. The van der Waals surface area contributed by atoms with Crippen LogP contribution in [0.4, 0.5) is 0 Å². The molecule has 0 amide bonds. The van der Waals surface area contributed by atoms with Gasteiger partial charge in [-0.3, -0.25) is 0 Å². The van der Waals surface area contributed by atoms with Crippen molar-refractivity contribution in [1.29, 1.82) is 0 Å². The maximum atomic E-state index is 10.4. The van der Waals surface area contributed by atoms with Gasteiger partial charge in [-0.1, -0.05) is 37.6 Å². The Kier molecular flexibility index (Phi) is 6.09. The van der Waals surface area contributed by atoms with Crippen LogP contribution in [0.1, 0.15) is 31.1 Å². The van der Waals surface area contributed by atoms with Crippen LogP contribution >= 0.6 is 11.6 Å². The van der Waals surface area contributed by atoms with Crippen LogP contribution in [-0.4, -0.2) is 29.4 Å². The van der Waals surface area contributed by atoms with Gasteiger partial charge in [-0.15, -0.1) is 0 Å². The zero-order valence-electron chi connectivity index (χ0n) is 11.2. The number of aliphatic hydroxyl groups excluding tert-OH is 2. The van der Waals surface area contributed by atoms with Gasteiger partial charge in [-0.2, -0.15) is 0 Å². The summed E-state index contributed by atoms with van der Waals surface area (Å²) in [5, 5.41) is 23.1. The van der Waals surface area contributed by atoms with Crippen molar-refractivity contribution in [3.05, 3.63) is 34.3 Å². The average Bonchev–Trinajstić information content (AvgIpc) is 2.32. The molecule has 3 N–H and O–H groups in total. The van der Waals surface area contributed by atoms with Crippen molar-refractivity contribution in [2.24, 2.45) is 5.92 Å². The predicted octanol–water partition coefficient (Wildman–Crippen LogP) is 2.29. The molecule has 3 nitrogen and oxygen atoms in total. The molecule has 0 saturated carbocycles. The molecule has 18 heavy (non-hydrogen) atoms. The van der Waals surface area contributed by atoms with Crippen molar-refractivity contribution in [3.8, 4) is 0 Å². The lowest BCUT2D eigenvalue weighted by atomic mass is 9.92. The van der Waals surface area contributed by atoms with Crippen molar-refractivity contribution in [3.63, 3.8) is 0 Å². The molecule has 0 aromatic heterocycles. The quantitative estimate of drug-likeness (QED) is 0.744. The fraction of sp³-hybridized carbons (Fsp3) is 0.571. The molecular weight excluding hydrogens is 250 g/mol. The fourth-order valence-electron chi connectivity index (χ4n) is 2.00. The first kappa shape index (κ1) is 15.4. The molecule has 1 aromatic rings. The summed E-state index contributed by atoms with van der Waals surface area (Å²) in [6.45, 7) is 6.55. The molecule has 0 bridgehead atoms. The Labute approximate surface area is 114 Å². The Bertz CT molecular complexity index is 382. The van der Waals surface area contributed by atoms with Crippen molar-refractivity contribution < 1.29 is 10.2 Å². The highest BCUT2D eigenvalue weighted by Gasteiger charge is 2.23. The molecule has 0 radical (unpaired) electrons. The second kappa shape index (κ2) is 7.10. The van der Waals surface area contributed by atoms with Gasteiger partial charge in [0.05, 0.1) is 12.7 Å². The summed E-state index contributed by atoms with van der Waals surface area (Å²) < 4.78 is 0. The van der Waals surface area contributed by atoms with Crippen LogP contribution in [0.3, 0.4) is 0 Å². The number of aryl methyl sites for hydroxylation is 1. The number of hydrogen-bond acceptors (Lipinski definition) is 3. The van der Waals surface area contributed by atoms with Gasteiger partial charge >= 0.3 is 0 Å². The van der Waals surface area contributed by atoms with Crippen LogP contribution in [-0.2, 0) is 0 Å². The third-order valence-corrected chi connectivity index (χ3v) is 3.50. The molecule has 2 unspecified atom stereocenters. The standard InChI is InChI=1S/C14H22ClNO2/c1-9(2)13(16-6-7-17)14(18)11-4-5-12(15)10(3)8-11/h4-5,8-9,13-14,16-18H,6-7H2,1-3H3. The first-order chi connectivity index (χ1) is 8.47. The van der Waals surface area contributed by atoms with E-state index >= 15 is 0 Å². The number of halogens is 1. The number of benzene rings is 1. The van der Waals surface area contributed by atoms with E-state index in [4.69, 9.17) is 16.7 Å². The number of nitrogens with one attached hydrogen (secondary N) is 1. The van der Waals surface area contributed by atoms with Crippen LogP contribution in [0.2, 0.25) is 5.02 Å². The highest BCUT2D eigenvalue weighted by Crippen LogP contribution is 2.25. The second-order valence-corrected chi connectivity index (χ2v) is 5.31. The average molecular weight is 272 g/mol. The highest BCUT2D eigenvalue weighted by molar-refractivity contribution is 6.31. The normalized spacial score (nSPS) is 14.8.